The maximum atomic E-state index is 12.7. The molecule has 2 heterocycles. The number of aromatic nitrogens is 1. The van der Waals surface area contributed by atoms with Crippen molar-refractivity contribution in [3.8, 4) is 0 Å². The number of halogens is 1. The molecule has 8 nitrogen and oxygen atoms in total. The summed E-state index contributed by atoms with van der Waals surface area (Å²) in [5, 5.41) is 4.00. The molecule has 4 aromatic rings. The summed E-state index contributed by atoms with van der Waals surface area (Å²) in [5.74, 6) is -0.236. The highest BCUT2D eigenvalue weighted by Crippen LogP contribution is 2.31. The number of anilines is 2. The van der Waals surface area contributed by atoms with Crippen LogP contribution < -0.4 is 14.9 Å². The minimum atomic E-state index is -3.74. The highest BCUT2D eigenvalue weighted by atomic mass is 79.9. The van der Waals surface area contributed by atoms with E-state index in [4.69, 9.17) is 4.98 Å². The van der Waals surface area contributed by atoms with Crippen LogP contribution in [0.2, 0.25) is 0 Å². The van der Waals surface area contributed by atoms with Crippen molar-refractivity contribution in [2.45, 2.75) is 11.8 Å². The van der Waals surface area contributed by atoms with E-state index in [0.717, 1.165) is 53.4 Å². The van der Waals surface area contributed by atoms with Crippen molar-refractivity contribution in [3.05, 3.63) is 82.3 Å². The van der Waals surface area contributed by atoms with Crippen LogP contribution in [0.25, 0.3) is 10.2 Å². The first-order valence-corrected chi connectivity index (χ1v) is 15.4. The van der Waals surface area contributed by atoms with Crippen molar-refractivity contribution in [3.63, 3.8) is 0 Å². The van der Waals surface area contributed by atoms with Gasteiger partial charge in [0, 0.05) is 55.0 Å². The summed E-state index contributed by atoms with van der Waals surface area (Å²) in [4.78, 5) is 22.3. The fraction of sp³-hybridized carbons (Fsp3) is 0.259. The van der Waals surface area contributed by atoms with E-state index < -0.39 is 10.0 Å². The molecule has 0 atom stereocenters. The van der Waals surface area contributed by atoms with E-state index in [9.17, 15) is 13.2 Å². The number of amides is 1. The molecule has 2 N–H and O–H groups in total. The molecule has 1 aliphatic rings. The standard InChI is InChI=1S/C27H28BrN5O3S2/c1-19-5-8-23(9-6-19)38(35,36)31-22-4-2-3-20(17-22)26(34)29-11-12-32-13-15-33(16-14-32)27-30-24-10-7-21(28)18-25(24)37-27/h2-10,17-18,31H,11-16H2,1H3,(H,29,34). The van der Waals surface area contributed by atoms with E-state index in [1.807, 2.05) is 19.1 Å². The molecule has 198 valence electrons. The molecule has 5 rings (SSSR count). The Morgan fingerprint density at radius 1 is 1.03 bits per heavy atom. The molecule has 3 aromatic carbocycles. The number of fused-ring (bicyclic) bond motifs is 1. The van der Waals surface area contributed by atoms with Crippen molar-refractivity contribution in [1.29, 1.82) is 0 Å². The summed E-state index contributed by atoms with van der Waals surface area (Å²) < 4.78 is 30.2. The smallest absolute Gasteiger partial charge is 0.261 e. The molecule has 1 aromatic heterocycles. The largest absolute Gasteiger partial charge is 0.351 e. The highest BCUT2D eigenvalue weighted by molar-refractivity contribution is 9.10. The van der Waals surface area contributed by atoms with Gasteiger partial charge < -0.3 is 10.2 Å². The minimum absolute atomic E-state index is 0.175. The fourth-order valence-electron chi connectivity index (χ4n) is 4.27. The highest BCUT2D eigenvalue weighted by Gasteiger charge is 2.20. The maximum Gasteiger partial charge on any atom is 0.261 e. The fourth-order valence-corrected chi connectivity index (χ4v) is 6.89. The molecule has 0 spiro atoms. The van der Waals surface area contributed by atoms with E-state index in [1.54, 1.807) is 59.9 Å². The van der Waals surface area contributed by atoms with Crippen molar-refractivity contribution in [2.75, 3.05) is 48.9 Å². The number of hydrogen-bond acceptors (Lipinski definition) is 7. The van der Waals surface area contributed by atoms with E-state index >= 15 is 0 Å². The second-order valence-corrected chi connectivity index (χ2v) is 12.8. The third kappa shape index (κ3) is 6.35. The van der Waals surface area contributed by atoms with Gasteiger partial charge in [0.05, 0.1) is 15.1 Å². The average molecular weight is 615 g/mol. The number of benzene rings is 3. The van der Waals surface area contributed by atoms with Gasteiger partial charge in [0.15, 0.2) is 5.13 Å². The van der Waals surface area contributed by atoms with Gasteiger partial charge in [-0.3, -0.25) is 14.4 Å². The van der Waals surface area contributed by atoms with Crippen molar-refractivity contribution < 1.29 is 13.2 Å². The molecule has 1 amide bonds. The second kappa shape index (κ2) is 11.4. The lowest BCUT2D eigenvalue weighted by atomic mass is 10.2. The van der Waals surface area contributed by atoms with E-state index in [0.29, 0.717) is 17.8 Å². The zero-order valence-electron chi connectivity index (χ0n) is 20.9. The number of nitrogens with one attached hydrogen (secondary N) is 2. The third-order valence-electron chi connectivity index (χ3n) is 6.40. The number of aryl methyl sites for hydroxylation is 1. The summed E-state index contributed by atoms with van der Waals surface area (Å²) in [6.45, 7) is 6.71. The number of rotatable bonds is 8. The maximum absolute atomic E-state index is 12.7. The second-order valence-electron chi connectivity index (χ2n) is 9.19. The van der Waals surface area contributed by atoms with Gasteiger partial charge >= 0.3 is 0 Å². The van der Waals surface area contributed by atoms with Gasteiger partial charge in [0.1, 0.15) is 0 Å². The summed E-state index contributed by atoms with van der Waals surface area (Å²) in [5.41, 5.74) is 2.74. The minimum Gasteiger partial charge on any atom is -0.351 e. The Bertz CT molecular complexity index is 1550. The van der Waals surface area contributed by atoms with Gasteiger partial charge in [-0.15, -0.1) is 0 Å². The summed E-state index contributed by atoms with van der Waals surface area (Å²) in [7, 11) is -3.74. The van der Waals surface area contributed by atoms with Crippen LogP contribution in [0.15, 0.2) is 76.1 Å². The van der Waals surface area contributed by atoms with Gasteiger partial charge in [-0.2, -0.15) is 0 Å². The van der Waals surface area contributed by atoms with Gasteiger partial charge in [-0.05, 0) is 55.5 Å². The molecule has 0 radical (unpaired) electrons. The van der Waals surface area contributed by atoms with E-state index in [1.165, 1.54) is 4.70 Å². The number of carbonyl (C=O) groups excluding carboxylic acids is 1. The average Bonchev–Trinajstić information content (AvgIpc) is 3.32. The first kappa shape index (κ1) is 26.6. The normalized spacial score (nSPS) is 14.5. The SMILES string of the molecule is Cc1ccc(S(=O)(=O)Nc2cccc(C(=O)NCCN3CCN(c4nc5ccc(Br)cc5s4)CC3)c2)cc1. The number of nitrogens with zero attached hydrogens (tertiary/aromatic N) is 3. The zero-order valence-corrected chi connectivity index (χ0v) is 24.1. The Kier molecular flexibility index (Phi) is 7.98. The quantitative estimate of drug-likeness (QED) is 0.299. The molecule has 0 unspecified atom stereocenters. The molecular formula is C27H28BrN5O3S2. The topological polar surface area (TPSA) is 94.6 Å². The van der Waals surface area contributed by atoms with Crippen LogP contribution in [-0.2, 0) is 10.0 Å². The number of piperazine rings is 1. The third-order valence-corrected chi connectivity index (χ3v) is 9.37. The van der Waals surface area contributed by atoms with Gasteiger partial charge in [0.2, 0.25) is 0 Å². The Morgan fingerprint density at radius 3 is 2.55 bits per heavy atom. The summed E-state index contributed by atoms with van der Waals surface area (Å²) in [6.07, 6.45) is 0. The monoisotopic (exact) mass is 613 g/mol. The Labute approximate surface area is 234 Å². The molecule has 1 fully saturated rings. The molecule has 38 heavy (non-hydrogen) atoms. The van der Waals surface area contributed by atoms with Gasteiger partial charge in [0.25, 0.3) is 15.9 Å². The van der Waals surface area contributed by atoms with Crippen LogP contribution in [0.3, 0.4) is 0 Å². The van der Waals surface area contributed by atoms with E-state index in [-0.39, 0.29) is 10.8 Å². The Morgan fingerprint density at radius 2 is 1.79 bits per heavy atom. The number of sulfonamides is 1. The van der Waals surface area contributed by atoms with Crippen LogP contribution in [0, 0.1) is 6.92 Å². The molecule has 0 saturated carbocycles. The first-order chi connectivity index (χ1) is 18.3. The van der Waals surface area contributed by atoms with Crippen molar-refractivity contribution >= 4 is 64.2 Å². The lowest BCUT2D eigenvalue weighted by molar-refractivity contribution is 0.0948. The van der Waals surface area contributed by atoms with Crippen LogP contribution in [0.1, 0.15) is 15.9 Å². The van der Waals surface area contributed by atoms with Crippen molar-refractivity contribution in [2.24, 2.45) is 0 Å². The first-order valence-electron chi connectivity index (χ1n) is 12.3. The van der Waals surface area contributed by atoms with Gasteiger partial charge in [-0.1, -0.05) is 51.0 Å². The molecular weight excluding hydrogens is 586 g/mol. The Balaban J connectivity index is 1.10. The number of carbonyl (C=O) groups is 1. The van der Waals surface area contributed by atoms with Crippen LogP contribution in [0.4, 0.5) is 10.8 Å². The van der Waals surface area contributed by atoms with Crippen LogP contribution >= 0.6 is 27.3 Å². The zero-order chi connectivity index (χ0) is 26.7. The lowest BCUT2D eigenvalue weighted by Crippen LogP contribution is -2.48. The van der Waals surface area contributed by atoms with Crippen LogP contribution in [0.5, 0.6) is 0 Å². The molecule has 1 aliphatic heterocycles. The van der Waals surface area contributed by atoms with Crippen molar-refractivity contribution in [1.82, 2.24) is 15.2 Å². The summed E-state index contributed by atoms with van der Waals surface area (Å²) in [6, 6.07) is 19.3. The summed E-state index contributed by atoms with van der Waals surface area (Å²) >= 11 is 5.23. The molecule has 1 saturated heterocycles. The number of hydrogen-bond donors (Lipinski definition) is 2. The molecule has 0 aliphatic carbocycles. The molecule has 0 bridgehead atoms. The predicted molar refractivity (Wildman–Crippen MR) is 157 cm³/mol. The molecule has 11 heteroatoms. The lowest BCUT2D eigenvalue weighted by Gasteiger charge is -2.34. The Hall–Kier alpha value is -2.99. The van der Waals surface area contributed by atoms with Crippen LogP contribution in [-0.4, -0.2) is 63.5 Å². The van der Waals surface area contributed by atoms with Gasteiger partial charge in [-0.25, -0.2) is 13.4 Å². The predicted octanol–water partition coefficient (Wildman–Crippen LogP) is 4.72. The number of thiazole rings is 1. The van der Waals surface area contributed by atoms with E-state index in [2.05, 4.69) is 41.8 Å².